The number of nitrogens with one attached hydrogen (secondary N) is 1. The first-order valence-corrected chi connectivity index (χ1v) is 7.33. The quantitative estimate of drug-likeness (QED) is 0.629. The summed E-state index contributed by atoms with van der Waals surface area (Å²) in [6, 6.07) is 10.7. The molecule has 0 bridgehead atoms. The average molecular weight is 276 g/mol. The maximum Gasteiger partial charge on any atom is 0.129 e. The molecule has 1 heterocycles. The zero-order valence-corrected chi connectivity index (χ0v) is 12.2. The Morgan fingerprint density at radius 3 is 2.58 bits per heavy atom. The molecule has 0 radical (unpaired) electrons. The molecule has 1 aromatic heterocycles. The van der Waals surface area contributed by atoms with Crippen LogP contribution in [-0.4, -0.2) is 7.11 Å². The molecule has 1 aromatic carbocycles. The highest BCUT2D eigenvalue weighted by molar-refractivity contribution is 7.10. The molecule has 3 N–H and O–H groups in total. The van der Waals surface area contributed by atoms with E-state index in [9.17, 15) is 0 Å². The second kappa shape index (κ2) is 6.70. The van der Waals surface area contributed by atoms with E-state index in [0.717, 1.165) is 17.0 Å². The Labute approximate surface area is 118 Å². The molecule has 2 aromatic rings. The third kappa shape index (κ3) is 3.35. The highest BCUT2D eigenvalue weighted by Gasteiger charge is 2.14. The molecular weight excluding hydrogens is 256 g/mol. The highest BCUT2D eigenvalue weighted by atomic mass is 32.1. The molecule has 0 aliphatic rings. The summed E-state index contributed by atoms with van der Waals surface area (Å²) in [5, 5.41) is 1.99. The minimum atomic E-state index is 0.0181. The number of methoxy groups -OCH3 is 1. The topological polar surface area (TPSA) is 47.3 Å². The number of thiophene rings is 1. The van der Waals surface area contributed by atoms with Crippen LogP contribution in [0.15, 0.2) is 35.7 Å². The third-order valence-electron chi connectivity index (χ3n) is 3.13. The molecule has 0 aliphatic carbocycles. The Bertz CT molecular complexity index is 507. The lowest BCUT2D eigenvalue weighted by molar-refractivity contribution is 0.416. The number of benzene rings is 1. The van der Waals surface area contributed by atoms with Gasteiger partial charge in [-0.1, -0.05) is 37.6 Å². The predicted molar refractivity (Wildman–Crippen MR) is 80.5 cm³/mol. The fraction of sp³-hybridized carbons (Fsp3) is 0.333. The molecular formula is C15H20N2OS. The van der Waals surface area contributed by atoms with Crippen LogP contribution in [0.5, 0.6) is 5.75 Å². The van der Waals surface area contributed by atoms with Crippen LogP contribution in [0, 0.1) is 0 Å². The van der Waals surface area contributed by atoms with E-state index in [1.807, 2.05) is 11.4 Å². The van der Waals surface area contributed by atoms with Crippen molar-refractivity contribution < 1.29 is 4.74 Å². The first-order valence-electron chi connectivity index (χ1n) is 6.45. The van der Waals surface area contributed by atoms with Crippen molar-refractivity contribution in [2.75, 3.05) is 7.11 Å². The smallest absolute Gasteiger partial charge is 0.129 e. The molecule has 0 saturated carbocycles. The number of hydrogen-bond donors (Lipinski definition) is 2. The van der Waals surface area contributed by atoms with E-state index in [2.05, 4.69) is 36.6 Å². The average Bonchev–Trinajstić information content (AvgIpc) is 2.91. The van der Waals surface area contributed by atoms with E-state index in [1.54, 1.807) is 18.4 Å². The Morgan fingerprint density at radius 2 is 2.05 bits per heavy atom. The number of hydrogen-bond acceptors (Lipinski definition) is 4. The van der Waals surface area contributed by atoms with Gasteiger partial charge in [0.25, 0.3) is 0 Å². The molecule has 0 saturated heterocycles. The molecule has 19 heavy (non-hydrogen) atoms. The van der Waals surface area contributed by atoms with Gasteiger partial charge in [-0.25, -0.2) is 5.43 Å². The van der Waals surface area contributed by atoms with Crippen molar-refractivity contribution in [1.29, 1.82) is 0 Å². The minimum absolute atomic E-state index is 0.0181. The summed E-state index contributed by atoms with van der Waals surface area (Å²) in [5.41, 5.74) is 5.42. The summed E-state index contributed by atoms with van der Waals surface area (Å²) in [7, 11) is 1.68. The van der Waals surface area contributed by atoms with Gasteiger partial charge in [-0.3, -0.25) is 5.84 Å². The Kier molecular flexibility index (Phi) is 4.96. The second-order valence-electron chi connectivity index (χ2n) is 4.48. The van der Waals surface area contributed by atoms with Crippen LogP contribution in [0.1, 0.15) is 35.4 Å². The van der Waals surface area contributed by atoms with Gasteiger partial charge in [-0.2, -0.15) is 0 Å². The van der Waals surface area contributed by atoms with Crippen LogP contribution in [-0.2, 0) is 6.42 Å². The summed E-state index contributed by atoms with van der Waals surface area (Å²) in [5.74, 6) is 6.58. The molecule has 0 aliphatic heterocycles. The molecule has 102 valence electrons. The summed E-state index contributed by atoms with van der Waals surface area (Å²) < 4.78 is 5.22. The SMILES string of the molecule is CCCc1ccc(C(NN)c2cc(OC)cs2)cc1. The fourth-order valence-corrected chi connectivity index (χ4v) is 3.04. The lowest BCUT2D eigenvalue weighted by atomic mass is 10.0. The zero-order valence-electron chi connectivity index (χ0n) is 11.3. The fourth-order valence-electron chi connectivity index (χ4n) is 2.10. The number of hydrazine groups is 1. The van der Waals surface area contributed by atoms with Crippen molar-refractivity contribution in [1.82, 2.24) is 5.43 Å². The Morgan fingerprint density at radius 1 is 1.32 bits per heavy atom. The number of rotatable bonds is 6. The summed E-state index contributed by atoms with van der Waals surface area (Å²) in [6.07, 6.45) is 2.29. The third-order valence-corrected chi connectivity index (χ3v) is 4.11. The van der Waals surface area contributed by atoms with Gasteiger partial charge in [0.05, 0.1) is 13.2 Å². The lowest BCUT2D eigenvalue weighted by Gasteiger charge is -2.15. The van der Waals surface area contributed by atoms with Crippen molar-refractivity contribution in [2.24, 2.45) is 5.84 Å². The standard InChI is InChI=1S/C15H20N2OS/c1-3-4-11-5-7-12(8-6-11)15(17-16)14-9-13(18-2)10-19-14/h5-10,15,17H,3-4,16H2,1-2H3. The Balaban J connectivity index is 2.21. The van der Waals surface area contributed by atoms with E-state index in [4.69, 9.17) is 10.6 Å². The molecule has 0 spiro atoms. The van der Waals surface area contributed by atoms with Crippen LogP contribution in [0.25, 0.3) is 0 Å². The molecule has 2 rings (SSSR count). The number of ether oxygens (including phenoxy) is 1. The van der Waals surface area contributed by atoms with Gasteiger partial charge in [-0.05, 0) is 23.6 Å². The first-order chi connectivity index (χ1) is 9.28. The molecule has 3 nitrogen and oxygen atoms in total. The minimum Gasteiger partial charge on any atom is -0.496 e. The van der Waals surface area contributed by atoms with Gasteiger partial charge < -0.3 is 4.74 Å². The Hall–Kier alpha value is -1.36. The van der Waals surface area contributed by atoms with Crippen molar-refractivity contribution in [3.8, 4) is 5.75 Å². The van der Waals surface area contributed by atoms with Gasteiger partial charge in [0, 0.05) is 10.3 Å². The van der Waals surface area contributed by atoms with Crippen LogP contribution >= 0.6 is 11.3 Å². The molecule has 0 fully saturated rings. The van der Waals surface area contributed by atoms with Crippen molar-refractivity contribution >= 4 is 11.3 Å². The maximum absolute atomic E-state index is 5.70. The van der Waals surface area contributed by atoms with Crippen LogP contribution in [0.4, 0.5) is 0 Å². The molecule has 4 heteroatoms. The zero-order chi connectivity index (χ0) is 13.7. The predicted octanol–water partition coefficient (Wildman–Crippen LogP) is 3.26. The van der Waals surface area contributed by atoms with Gasteiger partial charge in [0.1, 0.15) is 5.75 Å². The second-order valence-corrected chi connectivity index (χ2v) is 5.42. The number of aryl methyl sites for hydroxylation is 1. The monoisotopic (exact) mass is 276 g/mol. The van der Waals surface area contributed by atoms with Gasteiger partial charge in [0.2, 0.25) is 0 Å². The summed E-state index contributed by atoms with van der Waals surface area (Å²) in [6.45, 7) is 2.19. The molecule has 1 unspecified atom stereocenters. The molecule has 0 amide bonds. The largest absolute Gasteiger partial charge is 0.496 e. The summed E-state index contributed by atoms with van der Waals surface area (Å²) in [4.78, 5) is 1.16. The van der Waals surface area contributed by atoms with E-state index in [0.29, 0.717) is 0 Å². The van der Waals surface area contributed by atoms with Crippen molar-refractivity contribution in [3.63, 3.8) is 0 Å². The van der Waals surface area contributed by atoms with Crippen LogP contribution in [0.3, 0.4) is 0 Å². The van der Waals surface area contributed by atoms with E-state index < -0.39 is 0 Å². The van der Waals surface area contributed by atoms with Gasteiger partial charge >= 0.3 is 0 Å². The lowest BCUT2D eigenvalue weighted by Crippen LogP contribution is -2.28. The van der Waals surface area contributed by atoms with Crippen LogP contribution in [0.2, 0.25) is 0 Å². The van der Waals surface area contributed by atoms with E-state index in [1.165, 1.54) is 17.5 Å². The van der Waals surface area contributed by atoms with Crippen molar-refractivity contribution in [2.45, 2.75) is 25.8 Å². The first kappa shape index (κ1) is 14.1. The summed E-state index contributed by atoms with van der Waals surface area (Å²) >= 11 is 1.65. The normalized spacial score (nSPS) is 12.4. The van der Waals surface area contributed by atoms with Gasteiger partial charge in [0.15, 0.2) is 0 Å². The van der Waals surface area contributed by atoms with Gasteiger partial charge in [-0.15, -0.1) is 11.3 Å². The van der Waals surface area contributed by atoms with Crippen molar-refractivity contribution in [3.05, 3.63) is 51.7 Å². The highest BCUT2D eigenvalue weighted by Crippen LogP contribution is 2.30. The maximum atomic E-state index is 5.70. The molecule has 1 atom stereocenters. The van der Waals surface area contributed by atoms with E-state index in [-0.39, 0.29) is 6.04 Å². The van der Waals surface area contributed by atoms with Crippen LogP contribution < -0.4 is 16.0 Å². The number of nitrogens with two attached hydrogens (primary N) is 1. The van der Waals surface area contributed by atoms with E-state index >= 15 is 0 Å².